The highest BCUT2D eigenvalue weighted by atomic mass is 127. The van der Waals surface area contributed by atoms with Crippen molar-refractivity contribution in [2.45, 2.75) is 19.5 Å². The van der Waals surface area contributed by atoms with Crippen molar-refractivity contribution in [1.29, 1.82) is 0 Å². The second kappa shape index (κ2) is 6.78. The highest BCUT2D eigenvalue weighted by Gasteiger charge is 2.33. The number of hydrogen-bond donors (Lipinski definition) is 0. The zero-order valence-corrected chi connectivity index (χ0v) is 13.0. The van der Waals surface area contributed by atoms with E-state index in [9.17, 15) is 18.0 Å². The molecule has 0 N–H and O–H groups in total. The molecule has 0 aliphatic carbocycles. The van der Waals surface area contributed by atoms with E-state index in [1.165, 1.54) is 6.07 Å². The van der Waals surface area contributed by atoms with E-state index in [4.69, 9.17) is 11.6 Å². The fourth-order valence-electron chi connectivity index (χ4n) is 1.57. The lowest BCUT2D eigenvalue weighted by Gasteiger charge is -2.24. The summed E-state index contributed by atoms with van der Waals surface area (Å²) >= 11 is 7.68. The van der Waals surface area contributed by atoms with E-state index in [0.717, 1.165) is 4.90 Å². The summed E-state index contributed by atoms with van der Waals surface area (Å²) < 4.78 is 38.0. The maximum atomic E-state index is 12.5. The minimum atomic E-state index is -4.41. The summed E-state index contributed by atoms with van der Waals surface area (Å²) in [5, 5.41) is 0.326. The van der Waals surface area contributed by atoms with Gasteiger partial charge in [0.25, 0.3) is 5.91 Å². The summed E-state index contributed by atoms with van der Waals surface area (Å²) in [6.07, 6.45) is -3.95. The fraction of sp³-hybridized carbons (Fsp3) is 0.417. The van der Waals surface area contributed by atoms with Crippen LogP contribution < -0.4 is 0 Å². The monoisotopic (exact) mass is 405 g/mol. The quantitative estimate of drug-likeness (QED) is 0.682. The summed E-state index contributed by atoms with van der Waals surface area (Å²) in [6, 6.07) is 4.59. The zero-order chi connectivity index (χ0) is 14.6. The van der Waals surface area contributed by atoms with Crippen molar-refractivity contribution in [2.75, 3.05) is 13.1 Å². The Labute approximate surface area is 128 Å². The standard InChI is InChI=1S/C12H12ClF3INO/c1-2-5-18(7-12(14,15)16)11(19)9-6-8(13)3-4-10(9)17/h3-4,6H,2,5,7H2,1H3. The van der Waals surface area contributed by atoms with Gasteiger partial charge in [-0.25, -0.2) is 0 Å². The summed E-state index contributed by atoms with van der Waals surface area (Å²) in [4.78, 5) is 12.9. The highest BCUT2D eigenvalue weighted by molar-refractivity contribution is 14.1. The van der Waals surface area contributed by atoms with Gasteiger partial charge in [-0.1, -0.05) is 18.5 Å². The van der Waals surface area contributed by atoms with Crippen molar-refractivity contribution in [3.8, 4) is 0 Å². The molecule has 0 spiro atoms. The maximum absolute atomic E-state index is 12.5. The van der Waals surface area contributed by atoms with E-state index in [1.807, 2.05) is 22.6 Å². The van der Waals surface area contributed by atoms with Gasteiger partial charge >= 0.3 is 6.18 Å². The lowest BCUT2D eigenvalue weighted by atomic mass is 10.2. The molecule has 0 aromatic heterocycles. The molecule has 0 aliphatic heterocycles. The molecular formula is C12H12ClF3INO. The van der Waals surface area contributed by atoms with Gasteiger partial charge in [-0.2, -0.15) is 13.2 Å². The van der Waals surface area contributed by atoms with Crippen LogP contribution in [-0.4, -0.2) is 30.1 Å². The van der Waals surface area contributed by atoms with Gasteiger partial charge in [-0.05, 0) is 47.2 Å². The second-order valence-electron chi connectivity index (χ2n) is 3.97. The van der Waals surface area contributed by atoms with Crippen molar-refractivity contribution >= 4 is 40.1 Å². The number of nitrogens with zero attached hydrogens (tertiary/aromatic N) is 1. The van der Waals surface area contributed by atoms with Crippen LogP contribution >= 0.6 is 34.2 Å². The first-order chi connectivity index (χ1) is 8.74. The number of carbonyl (C=O) groups excluding carboxylic acids is 1. The lowest BCUT2D eigenvalue weighted by molar-refractivity contribution is -0.140. The van der Waals surface area contributed by atoms with E-state index >= 15 is 0 Å². The summed E-state index contributed by atoms with van der Waals surface area (Å²) in [7, 11) is 0. The Morgan fingerprint density at radius 1 is 1.42 bits per heavy atom. The van der Waals surface area contributed by atoms with Gasteiger partial charge < -0.3 is 4.90 Å². The van der Waals surface area contributed by atoms with Gasteiger partial charge in [0, 0.05) is 15.1 Å². The van der Waals surface area contributed by atoms with Crippen LogP contribution in [0.3, 0.4) is 0 Å². The Kier molecular flexibility index (Phi) is 5.91. The Morgan fingerprint density at radius 2 is 2.05 bits per heavy atom. The van der Waals surface area contributed by atoms with Gasteiger partial charge in [0.05, 0.1) is 5.56 Å². The third-order valence-electron chi connectivity index (χ3n) is 2.31. The van der Waals surface area contributed by atoms with Crippen LogP contribution in [0.25, 0.3) is 0 Å². The number of benzene rings is 1. The number of halogens is 5. The van der Waals surface area contributed by atoms with E-state index in [2.05, 4.69) is 0 Å². The molecule has 0 saturated heterocycles. The van der Waals surface area contributed by atoms with E-state index in [0.29, 0.717) is 15.0 Å². The Morgan fingerprint density at radius 3 is 2.58 bits per heavy atom. The predicted octanol–water partition coefficient (Wildman–Crippen LogP) is 4.36. The van der Waals surface area contributed by atoms with Crippen LogP contribution in [0.2, 0.25) is 5.02 Å². The molecule has 0 bridgehead atoms. The molecule has 0 aliphatic rings. The van der Waals surface area contributed by atoms with Gasteiger partial charge in [-0.15, -0.1) is 0 Å². The van der Waals surface area contributed by atoms with E-state index in [-0.39, 0.29) is 12.1 Å². The number of amides is 1. The molecule has 19 heavy (non-hydrogen) atoms. The second-order valence-corrected chi connectivity index (χ2v) is 5.56. The van der Waals surface area contributed by atoms with E-state index < -0.39 is 18.6 Å². The Balaban J connectivity index is 3.02. The number of alkyl halides is 3. The van der Waals surface area contributed by atoms with E-state index in [1.54, 1.807) is 19.1 Å². The summed E-state index contributed by atoms with van der Waals surface area (Å²) in [6.45, 7) is 0.531. The van der Waals surface area contributed by atoms with Crippen LogP contribution in [0, 0.1) is 3.57 Å². The van der Waals surface area contributed by atoms with Crippen molar-refractivity contribution in [3.63, 3.8) is 0 Å². The van der Waals surface area contributed by atoms with Crippen LogP contribution in [0.5, 0.6) is 0 Å². The maximum Gasteiger partial charge on any atom is 0.406 e. The molecule has 0 unspecified atom stereocenters. The predicted molar refractivity (Wildman–Crippen MR) is 76.4 cm³/mol. The molecular weight excluding hydrogens is 393 g/mol. The van der Waals surface area contributed by atoms with Crippen molar-refractivity contribution in [1.82, 2.24) is 4.90 Å². The first-order valence-electron chi connectivity index (χ1n) is 5.55. The van der Waals surface area contributed by atoms with Crippen molar-refractivity contribution in [3.05, 3.63) is 32.4 Å². The van der Waals surface area contributed by atoms with Crippen LogP contribution in [0.15, 0.2) is 18.2 Å². The SMILES string of the molecule is CCCN(CC(F)(F)F)C(=O)c1cc(Cl)ccc1I. The van der Waals surface area contributed by atoms with Gasteiger partial charge in [-0.3, -0.25) is 4.79 Å². The normalized spacial score (nSPS) is 11.5. The average molecular weight is 406 g/mol. The molecule has 0 fully saturated rings. The molecule has 7 heteroatoms. The number of hydrogen-bond acceptors (Lipinski definition) is 1. The van der Waals surface area contributed by atoms with Crippen molar-refractivity contribution in [2.24, 2.45) is 0 Å². The minimum Gasteiger partial charge on any atom is -0.330 e. The molecule has 106 valence electrons. The molecule has 0 radical (unpaired) electrons. The third-order valence-corrected chi connectivity index (χ3v) is 3.49. The van der Waals surface area contributed by atoms with Gasteiger partial charge in [0.1, 0.15) is 6.54 Å². The summed E-state index contributed by atoms with van der Waals surface area (Å²) in [5.41, 5.74) is 0.200. The molecule has 0 atom stereocenters. The first-order valence-corrected chi connectivity index (χ1v) is 7.01. The third kappa shape index (κ3) is 5.18. The largest absolute Gasteiger partial charge is 0.406 e. The molecule has 0 saturated carbocycles. The Bertz CT molecular complexity index is 465. The highest BCUT2D eigenvalue weighted by Crippen LogP contribution is 2.22. The van der Waals surface area contributed by atoms with Crippen LogP contribution in [-0.2, 0) is 0 Å². The summed E-state index contributed by atoms with van der Waals surface area (Å²) in [5.74, 6) is -0.647. The van der Waals surface area contributed by atoms with Gasteiger partial charge in [0.2, 0.25) is 0 Å². The topological polar surface area (TPSA) is 20.3 Å². The van der Waals surface area contributed by atoms with Crippen LogP contribution in [0.1, 0.15) is 23.7 Å². The fourth-order valence-corrected chi connectivity index (χ4v) is 2.31. The first kappa shape index (κ1) is 16.6. The Hall–Kier alpha value is -0.500. The lowest BCUT2D eigenvalue weighted by Crippen LogP contribution is -2.39. The molecule has 1 rings (SSSR count). The zero-order valence-electron chi connectivity index (χ0n) is 10.1. The van der Waals surface area contributed by atoms with Crippen LogP contribution in [0.4, 0.5) is 13.2 Å². The average Bonchev–Trinajstić information content (AvgIpc) is 2.29. The molecule has 1 amide bonds. The van der Waals surface area contributed by atoms with Gasteiger partial charge in [0.15, 0.2) is 0 Å². The molecule has 0 heterocycles. The molecule has 1 aromatic rings. The van der Waals surface area contributed by atoms with Crippen molar-refractivity contribution < 1.29 is 18.0 Å². The smallest absolute Gasteiger partial charge is 0.330 e. The molecule has 1 aromatic carbocycles. The number of rotatable bonds is 4. The number of carbonyl (C=O) groups is 1. The molecule has 2 nitrogen and oxygen atoms in total. The minimum absolute atomic E-state index is 0.0565.